The zero-order valence-corrected chi connectivity index (χ0v) is 18.3. The van der Waals surface area contributed by atoms with Gasteiger partial charge in [0.25, 0.3) is 0 Å². The summed E-state index contributed by atoms with van der Waals surface area (Å²) in [6, 6.07) is 3.02. The second-order valence-electron chi connectivity index (χ2n) is 7.94. The minimum Gasteiger partial charge on any atom is -0.354 e. The molecule has 0 radical (unpaired) electrons. The Morgan fingerprint density at radius 2 is 2.07 bits per heavy atom. The Hall–Kier alpha value is -1.77. The van der Waals surface area contributed by atoms with Crippen LogP contribution in [0.2, 0.25) is 5.02 Å². The fourth-order valence-electron chi connectivity index (χ4n) is 4.17. The number of carbonyl (C=O) groups excluding carboxylic acids is 1. The van der Waals surface area contributed by atoms with Gasteiger partial charge in [-0.2, -0.15) is 12.6 Å². The number of benzene rings is 1. The first kappa shape index (κ1) is 21.5. The summed E-state index contributed by atoms with van der Waals surface area (Å²) >= 11 is 9.94. The van der Waals surface area contributed by atoms with Crippen LogP contribution in [0.15, 0.2) is 28.8 Å². The average molecular weight is 453 g/mol. The van der Waals surface area contributed by atoms with E-state index in [2.05, 4.69) is 45.1 Å². The van der Waals surface area contributed by atoms with Crippen LogP contribution in [0.4, 0.5) is 10.2 Å². The van der Waals surface area contributed by atoms with E-state index in [4.69, 9.17) is 16.1 Å². The first-order valence-electron chi connectivity index (χ1n) is 10.3. The minimum atomic E-state index is -0.496. The number of hydrogen-bond acceptors (Lipinski definition) is 6. The van der Waals surface area contributed by atoms with Crippen LogP contribution >= 0.6 is 24.2 Å². The number of fused-ring (bicyclic) bond motifs is 1. The summed E-state index contributed by atoms with van der Waals surface area (Å²) in [5, 5.41) is 7.95. The Kier molecular flexibility index (Phi) is 6.85. The molecule has 1 saturated heterocycles. The van der Waals surface area contributed by atoms with Crippen molar-refractivity contribution in [2.45, 2.75) is 25.3 Å². The number of piperazine rings is 1. The molecule has 1 aliphatic heterocycles. The van der Waals surface area contributed by atoms with Crippen molar-refractivity contribution < 1.29 is 13.7 Å². The van der Waals surface area contributed by atoms with Crippen molar-refractivity contribution >= 4 is 46.9 Å². The molecule has 2 atom stereocenters. The van der Waals surface area contributed by atoms with Gasteiger partial charge in [0, 0.05) is 38.3 Å². The van der Waals surface area contributed by atoms with E-state index in [0.717, 1.165) is 63.2 Å². The Balaban J connectivity index is 1.25. The van der Waals surface area contributed by atoms with Crippen molar-refractivity contribution in [3.05, 3.63) is 35.1 Å². The number of hydrogen-bond donors (Lipinski definition) is 2. The molecule has 1 aliphatic carbocycles. The molecule has 1 amide bonds. The van der Waals surface area contributed by atoms with E-state index < -0.39 is 5.82 Å². The predicted octanol–water partition coefficient (Wildman–Crippen LogP) is 3.51. The summed E-state index contributed by atoms with van der Waals surface area (Å²) in [7, 11) is 0. The minimum absolute atomic E-state index is 0.0170. The summed E-state index contributed by atoms with van der Waals surface area (Å²) in [4.78, 5) is 16.1. The van der Waals surface area contributed by atoms with Gasteiger partial charge in [-0.1, -0.05) is 28.9 Å². The molecular weight excluding hydrogens is 427 g/mol. The van der Waals surface area contributed by atoms with Crippen LogP contribution in [0.3, 0.4) is 0 Å². The van der Waals surface area contributed by atoms with E-state index in [1.165, 1.54) is 6.07 Å². The van der Waals surface area contributed by atoms with Gasteiger partial charge < -0.3 is 14.7 Å². The standard InChI is InChI=1S/C21H26ClFN4O2S/c22-17-11-16-19(12-18(17)23)29-25-21(16)27-9-7-26(8-10-27)6-5-14-1-3-15(4-2-14)24-20(28)13-30/h1,3,11-12,14-15,30H,2,4-10,13H2,(H,24,28)/t14-,15?/m1/s1. The fourth-order valence-corrected chi connectivity index (χ4v) is 4.43. The lowest BCUT2D eigenvalue weighted by atomic mass is 9.90. The lowest BCUT2D eigenvalue weighted by Crippen LogP contribution is -2.47. The second-order valence-corrected chi connectivity index (χ2v) is 8.66. The molecule has 1 aromatic carbocycles. The number of nitrogens with zero attached hydrogens (tertiary/aromatic N) is 3. The van der Waals surface area contributed by atoms with Crippen molar-refractivity contribution in [1.82, 2.24) is 15.4 Å². The van der Waals surface area contributed by atoms with Crippen LogP contribution in [-0.4, -0.2) is 60.5 Å². The largest absolute Gasteiger partial charge is 0.354 e. The number of thiol groups is 1. The van der Waals surface area contributed by atoms with Crippen LogP contribution in [0, 0.1) is 11.7 Å². The summed E-state index contributed by atoms with van der Waals surface area (Å²) in [6.07, 6.45) is 7.56. The molecule has 1 unspecified atom stereocenters. The SMILES string of the molecule is O=C(CS)NC1C=C[C@@H](CCN2CCN(c3noc4cc(F)c(Cl)cc34)CC2)CC1. The van der Waals surface area contributed by atoms with E-state index in [-0.39, 0.29) is 22.7 Å². The highest BCUT2D eigenvalue weighted by molar-refractivity contribution is 7.81. The Labute approximate surface area is 185 Å². The molecule has 6 nitrogen and oxygen atoms in total. The topological polar surface area (TPSA) is 61.6 Å². The van der Waals surface area contributed by atoms with Crippen LogP contribution in [0.1, 0.15) is 19.3 Å². The van der Waals surface area contributed by atoms with Gasteiger partial charge in [-0.25, -0.2) is 4.39 Å². The maximum atomic E-state index is 13.6. The molecule has 9 heteroatoms. The van der Waals surface area contributed by atoms with Crippen LogP contribution < -0.4 is 10.2 Å². The molecule has 0 spiro atoms. The third-order valence-electron chi connectivity index (χ3n) is 5.94. The smallest absolute Gasteiger partial charge is 0.230 e. The van der Waals surface area contributed by atoms with Crippen molar-refractivity contribution in [2.24, 2.45) is 5.92 Å². The highest BCUT2D eigenvalue weighted by Gasteiger charge is 2.23. The number of halogens is 2. The summed E-state index contributed by atoms with van der Waals surface area (Å²) < 4.78 is 18.9. The van der Waals surface area contributed by atoms with Gasteiger partial charge in [0.15, 0.2) is 11.4 Å². The Morgan fingerprint density at radius 3 is 2.77 bits per heavy atom. The van der Waals surface area contributed by atoms with E-state index >= 15 is 0 Å². The molecular formula is C21H26ClFN4O2S. The first-order valence-corrected chi connectivity index (χ1v) is 11.3. The van der Waals surface area contributed by atoms with Gasteiger partial charge >= 0.3 is 0 Å². The van der Waals surface area contributed by atoms with Crippen molar-refractivity contribution in [3.63, 3.8) is 0 Å². The zero-order chi connectivity index (χ0) is 21.1. The van der Waals surface area contributed by atoms with Crippen molar-refractivity contribution in [1.29, 1.82) is 0 Å². The molecule has 1 N–H and O–H groups in total. The second kappa shape index (κ2) is 9.58. The van der Waals surface area contributed by atoms with Crippen LogP contribution in [0.5, 0.6) is 0 Å². The Morgan fingerprint density at radius 1 is 1.27 bits per heavy atom. The number of anilines is 1. The van der Waals surface area contributed by atoms with Gasteiger partial charge in [0.05, 0.1) is 16.2 Å². The number of aromatic nitrogens is 1. The maximum absolute atomic E-state index is 13.6. The molecule has 0 bridgehead atoms. The fraction of sp³-hybridized carbons (Fsp3) is 0.524. The normalized spacial score (nSPS) is 22.6. The van der Waals surface area contributed by atoms with Crippen molar-refractivity contribution in [2.75, 3.05) is 43.4 Å². The monoisotopic (exact) mass is 452 g/mol. The van der Waals surface area contributed by atoms with E-state index in [1.807, 2.05) is 0 Å². The lowest BCUT2D eigenvalue weighted by molar-refractivity contribution is -0.119. The molecule has 30 heavy (non-hydrogen) atoms. The highest BCUT2D eigenvalue weighted by atomic mass is 35.5. The van der Waals surface area contributed by atoms with Gasteiger partial charge in [-0.05, 0) is 37.8 Å². The summed E-state index contributed by atoms with van der Waals surface area (Å²) in [5.41, 5.74) is 0.419. The third kappa shape index (κ3) is 4.92. The summed E-state index contributed by atoms with van der Waals surface area (Å²) in [5.74, 6) is 1.01. The number of carbonyl (C=O) groups is 1. The molecule has 1 fully saturated rings. The first-order chi connectivity index (χ1) is 14.5. The average Bonchev–Trinajstić information content (AvgIpc) is 3.16. The molecule has 1 aromatic heterocycles. The van der Waals surface area contributed by atoms with Crippen LogP contribution in [-0.2, 0) is 4.79 Å². The predicted molar refractivity (Wildman–Crippen MR) is 120 cm³/mol. The van der Waals surface area contributed by atoms with E-state index in [1.54, 1.807) is 6.07 Å². The number of allylic oxidation sites excluding steroid dienone is 1. The number of nitrogens with one attached hydrogen (secondary N) is 1. The summed E-state index contributed by atoms with van der Waals surface area (Å²) in [6.45, 7) is 4.62. The molecule has 162 valence electrons. The molecule has 2 heterocycles. The van der Waals surface area contributed by atoms with Crippen molar-refractivity contribution in [3.8, 4) is 0 Å². The molecule has 4 rings (SSSR count). The number of rotatable bonds is 6. The van der Waals surface area contributed by atoms with Gasteiger partial charge in [-0.15, -0.1) is 0 Å². The van der Waals surface area contributed by atoms with Gasteiger partial charge in [0.1, 0.15) is 5.82 Å². The molecule has 2 aromatic rings. The molecule has 0 saturated carbocycles. The van der Waals surface area contributed by atoms with E-state index in [9.17, 15) is 9.18 Å². The van der Waals surface area contributed by atoms with E-state index in [0.29, 0.717) is 11.5 Å². The quantitative estimate of drug-likeness (QED) is 0.518. The van der Waals surface area contributed by atoms with Gasteiger partial charge in [0.2, 0.25) is 5.91 Å². The molecule has 2 aliphatic rings. The lowest BCUT2D eigenvalue weighted by Gasteiger charge is -2.35. The Bertz CT molecular complexity index is 929. The number of amides is 1. The zero-order valence-electron chi connectivity index (χ0n) is 16.7. The third-order valence-corrected chi connectivity index (χ3v) is 6.51. The van der Waals surface area contributed by atoms with Crippen LogP contribution in [0.25, 0.3) is 11.0 Å². The van der Waals surface area contributed by atoms with Gasteiger partial charge in [-0.3, -0.25) is 9.69 Å². The highest BCUT2D eigenvalue weighted by Crippen LogP contribution is 2.31. The maximum Gasteiger partial charge on any atom is 0.230 e.